The van der Waals surface area contributed by atoms with Crippen molar-refractivity contribution in [2.45, 2.75) is 25.8 Å². The highest BCUT2D eigenvalue weighted by atomic mass is 35.5. The second kappa shape index (κ2) is 6.21. The van der Waals surface area contributed by atoms with Gasteiger partial charge in [-0.05, 0) is 31.0 Å². The van der Waals surface area contributed by atoms with Gasteiger partial charge in [0.25, 0.3) is 0 Å². The van der Waals surface area contributed by atoms with Gasteiger partial charge in [-0.25, -0.2) is 4.39 Å². The van der Waals surface area contributed by atoms with E-state index in [-0.39, 0.29) is 16.9 Å². The number of hydrogen-bond donors (Lipinski definition) is 1. The normalized spacial score (nSPS) is 16.9. The first-order valence-electron chi connectivity index (χ1n) is 6.22. The molecule has 98 valence electrons. The Kier molecular flexibility index (Phi) is 4.61. The maximum Gasteiger partial charge on any atom is 0.146 e. The van der Waals surface area contributed by atoms with E-state index < -0.39 is 0 Å². The summed E-state index contributed by atoms with van der Waals surface area (Å²) in [6.45, 7) is 3.49. The van der Waals surface area contributed by atoms with Gasteiger partial charge in [0, 0.05) is 5.56 Å². The van der Waals surface area contributed by atoms with Gasteiger partial charge in [-0.3, -0.25) is 0 Å². The summed E-state index contributed by atoms with van der Waals surface area (Å²) in [7, 11) is 0. The Labute approximate surface area is 112 Å². The van der Waals surface area contributed by atoms with Crippen LogP contribution in [0.3, 0.4) is 0 Å². The predicted molar refractivity (Wildman–Crippen MR) is 71.1 cm³/mol. The summed E-state index contributed by atoms with van der Waals surface area (Å²) in [5, 5.41) is 3.45. The molecule has 0 radical (unpaired) electrons. The number of likely N-dealkylation sites (N-methyl/N-ethyl adjacent to an activating group) is 1. The highest BCUT2D eigenvalue weighted by molar-refractivity contribution is 6.30. The van der Waals surface area contributed by atoms with Gasteiger partial charge in [-0.2, -0.15) is 0 Å². The molecule has 1 atom stereocenters. The first kappa shape index (κ1) is 13.4. The number of halogens is 2. The maximum absolute atomic E-state index is 14.1. The zero-order chi connectivity index (χ0) is 13.0. The van der Waals surface area contributed by atoms with Crippen molar-refractivity contribution in [3.05, 3.63) is 46.4 Å². The van der Waals surface area contributed by atoms with E-state index in [4.69, 9.17) is 16.3 Å². The fraction of sp³-hybridized carbons (Fsp3) is 0.429. The Morgan fingerprint density at radius 2 is 2.33 bits per heavy atom. The molecule has 0 amide bonds. The predicted octanol–water partition coefficient (Wildman–Crippen LogP) is 3.82. The van der Waals surface area contributed by atoms with E-state index in [0.717, 1.165) is 31.6 Å². The molecule has 1 aliphatic rings. The average Bonchev–Trinajstić information content (AvgIpc) is 2.41. The molecule has 0 fully saturated rings. The molecule has 0 aliphatic carbocycles. The van der Waals surface area contributed by atoms with Crippen LogP contribution >= 0.6 is 11.6 Å². The van der Waals surface area contributed by atoms with Crippen molar-refractivity contribution in [2.24, 2.45) is 0 Å². The fourth-order valence-corrected chi connectivity index (χ4v) is 2.37. The lowest BCUT2D eigenvalue weighted by molar-refractivity contribution is 0.219. The second-order valence-corrected chi connectivity index (χ2v) is 4.71. The quantitative estimate of drug-likeness (QED) is 0.897. The van der Waals surface area contributed by atoms with E-state index in [2.05, 4.69) is 5.32 Å². The van der Waals surface area contributed by atoms with Crippen molar-refractivity contribution in [3.8, 4) is 0 Å². The van der Waals surface area contributed by atoms with Gasteiger partial charge in [-0.15, -0.1) is 0 Å². The third-order valence-corrected chi connectivity index (χ3v) is 3.33. The van der Waals surface area contributed by atoms with E-state index in [1.165, 1.54) is 0 Å². The van der Waals surface area contributed by atoms with Gasteiger partial charge in [0.1, 0.15) is 5.82 Å². The molecule has 1 heterocycles. The molecule has 0 bridgehead atoms. The molecule has 18 heavy (non-hydrogen) atoms. The largest absolute Gasteiger partial charge is 0.501 e. The number of rotatable bonds is 4. The monoisotopic (exact) mass is 269 g/mol. The van der Waals surface area contributed by atoms with Crippen molar-refractivity contribution >= 4 is 11.6 Å². The van der Waals surface area contributed by atoms with E-state index >= 15 is 0 Å². The van der Waals surface area contributed by atoms with Crippen molar-refractivity contribution in [3.63, 3.8) is 0 Å². The van der Waals surface area contributed by atoms with Crippen LogP contribution in [-0.4, -0.2) is 13.2 Å². The number of ether oxygens (including phenoxy) is 1. The first-order valence-corrected chi connectivity index (χ1v) is 6.59. The van der Waals surface area contributed by atoms with Crippen LogP contribution < -0.4 is 5.32 Å². The molecule has 0 saturated carbocycles. The molecule has 1 aliphatic heterocycles. The summed E-state index contributed by atoms with van der Waals surface area (Å²) in [4.78, 5) is 0. The zero-order valence-corrected chi connectivity index (χ0v) is 11.1. The smallest absolute Gasteiger partial charge is 0.146 e. The summed E-state index contributed by atoms with van der Waals surface area (Å²) in [6, 6.07) is 4.95. The number of benzene rings is 1. The van der Waals surface area contributed by atoms with E-state index in [1.807, 2.05) is 6.92 Å². The first-order chi connectivity index (χ1) is 8.74. The number of nitrogens with one attached hydrogen (secondary N) is 1. The Balaban J connectivity index is 2.34. The molecular weight excluding hydrogens is 253 g/mol. The van der Waals surface area contributed by atoms with Gasteiger partial charge >= 0.3 is 0 Å². The minimum Gasteiger partial charge on any atom is -0.501 e. The second-order valence-electron chi connectivity index (χ2n) is 4.30. The van der Waals surface area contributed by atoms with Crippen LogP contribution in [0.2, 0.25) is 5.02 Å². The summed E-state index contributed by atoms with van der Waals surface area (Å²) in [5.74, 6) is -0.350. The molecule has 2 nitrogen and oxygen atoms in total. The van der Waals surface area contributed by atoms with Crippen LogP contribution in [0.5, 0.6) is 0 Å². The Bertz CT molecular complexity index is 447. The van der Waals surface area contributed by atoms with Crippen molar-refractivity contribution in [2.75, 3.05) is 13.2 Å². The molecule has 1 aromatic carbocycles. The molecule has 0 aromatic heterocycles. The van der Waals surface area contributed by atoms with E-state index in [9.17, 15) is 4.39 Å². The van der Waals surface area contributed by atoms with Gasteiger partial charge in [0.05, 0.1) is 23.9 Å². The summed E-state index contributed by atoms with van der Waals surface area (Å²) >= 11 is 5.84. The number of hydrogen-bond acceptors (Lipinski definition) is 2. The summed E-state index contributed by atoms with van der Waals surface area (Å²) < 4.78 is 19.4. The third kappa shape index (κ3) is 2.85. The summed E-state index contributed by atoms with van der Waals surface area (Å²) in [6.07, 6.45) is 3.64. The minimum absolute atomic E-state index is 0.158. The topological polar surface area (TPSA) is 21.3 Å². The molecule has 1 N–H and O–H groups in total. The Morgan fingerprint density at radius 1 is 1.50 bits per heavy atom. The maximum atomic E-state index is 14.1. The van der Waals surface area contributed by atoms with Gasteiger partial charge < -0.3 is 10.1 Å². The van der Waals surface area contributed by atoms with Crippen LogP contribution in [0.4, 0.5) is 4.39 Å². The van der Waals surface area contributed by atoms with Crippen LogP contribution in [0.1, 0.15) is 31.4 Å². The molecule has 1 unspecified atom stereocenters. The van der Waals surface area contributed by atoms with Crippen LogP contribution in [0, 0.1) is 5.82 Å². The molecule has 2 rings (SSSR count). The SMILES string of the molecule is CCNC(C1=COCCC1)c1cccc(Cl)c1F. The average molecular weight is 270 g/mol. The highest BCUT2D eigenvalue weighted by Crippen LogP contribution is 2.31. The fourth-order valence-electron chi connectivity index (χ4n) is 2.19. The molecule has 4 heteroatoms. The van der Waals surface area contributed by atoms with Crippen molar-refractivity contribution in [1.82, 2.24) is 5.32 Å². The lowest BCUT2D eigenvalue weighted by Crippen LogP contribution is -2.25. The molecule has 0 saturated heterocycles. The van der Waals surface area contributed by atoms with E-state index in [0.29, 0.717) is 5.56 Å². The van der Waals surface area contributed by atoms with Gasteiger partial charge in [0.15, 0.2) is 0 Å². The summed E-state index contributed by atoms with van der Waals surface area (Å²) in [5.41, 5.74) is 1.66. The minimum atomic E-state index is -0.350. The lowest BCUT2D eigenvalue weighted by Gasteiger charge is -2.25. The molecule has 1 aromatic rings. The van der Waals surface area contributed by atoms with Crippen molar-refractivity contribution in [1.29, 1.82) is 0 Å². The standard InChI is InChI=1S/C14H17ClFNO/c1-2-17-14(10-5-4-8-18-9-10)11-6-3-7-12(15)13(11)16/h3,6-7,9,14,17H,2,4-5,8H2,1H3. The molecular formula is C14H17ClFNO. The highest BCUT2D eigenvalue weighted by Gasteiger charge is 2.22. The molecule has 0 spiro atoms. The van der Waals surface area contributed by atoms with Crippen molar-refractivity contribution < 1.29 is 9.13 Å². The lowest BCUT2D eigenvalue weighted by atomic mass is 9.95. The van der Waals surface area contributed by atoms with Gasteiger partial charge in [-0.1, -0.05) is 30.7 Å². The third-order valence-electron chi connectivity index (χ3n) is 3.03. The Hall–Kier alpha value is -1.06. The zero-order valence-electron chi connectivity index (χ0n) is 10.4. The van der Waals surface area contributed by atoms with Gasteiger partial charge in [0.2, 0.25) is 0 Å². The van der Waals surface area contributed by atoms with Crippen LogP contribution in [-0.2, 0) is 4.74 Å². The van der Waals surface area contributed by atoms with E-state index in [1.54, 1.807) is 24.5 Å². The van der Waals surface area contributed by atoms with Crippen LogP contribution in [0.25, 0.3) is 0 Å². The van der Waals surface area contributed by atoms with Crippen LogP contribution in [0.15, 0.2) is 30.0 Å². The Morgan fingerprint density at radius 3 is 3.00 bits per heavy atom.